The highest BCUT2D eigenvalue weighted by molar-refractivity contribution is 7.92. The first-order chi connectivity index (χ1) is 22.8. The van der Waals surface area contributed by atoms with Crippen LogP contribution in [0.15, 0.2) is 114 Å². The SMILES string of the molecule is CCOc1ccccc1N(CC(=O)N(Cc1ccccc1Cl)[C@H](Cc1ccccc1)C(=O)NC1CCCC1)S(=O)(=O)c1ccccc1. The summed E-state index contributed by atoms with van der Waals surface area (Å²) in [6, 6.07) is 30.4. The maximum Gasteiger partial charge on any atom is 0.264 e. The number of amides is 2. The van der Waals surface area contributed by atoms with E-state index in [0.29, 0.717) is 22.9 Å². The minimum atomic E-state index is -4.25. The van der Waals surface area contributed by atoms with Gasteiger partial charge in [0.2, 0.25) is 11.8 Å². The fourth-order valence-electron chi connectivity index (χ4n) is 5.91. The average molecular weight is 674 g/mol. The van der Waals surface area contributed by atoms with Crippen molar-refractivity contribution in [2.24, 2.45) is 0 Å². The third-order valence-corrected chi connectivity index (χ3v) is 10.5. The third kappa shape index (κ3) is 8.53. The summed E-state index contributed by atoms with van der Waals surface area (Å²) in [6.45, 7) is 1.53. The molecule has 0 bridgehead atoms. The number of rotatable bonds is 14. The number of carbonyl (C=O) groups is 2. The normalized spacial score (nSPS) is 13.9. The number of sulfonamides is 1. The summed E-state index contributed by atoms with van der Waals surface area (Å²) in [6.07, 6.45) is 4.04. The Kier molecular flexibility index (Phi) is 11.6. The van der Waals surface area contributed by atoms with Gasteiger partial charge in [0.05, 0.1) is 17.2 Å². The topological polar surface area (TPSA) is 96.0 Å². The second-order valence-corrected chi connectivity index (χ2v) is 13.8. The Morgan fingerprint density at radius 1 is 0.872 bits per heavy atom. The monoisotopic (exact) mass is 673 g/mol. The van der Waals surface area contributed by atoms with Gasteiger partial charge < -0.3 is 15.0 Å². The second-order valence-electron chi connectivity index (χ2n) is 11.5. The molecule has 1 aliphatic rings. The van der Waals surface area contributed by atoms with Crippen LogP contribution in [0, 0.1) is 0 Å². The Bertz CT molecular complexity index is 1750. The van der Waals surface area contributed by atoms with Crippen LogP contribution in [0.25, 0.3) is 0 Å². The van der Waals surface area contributed by atoms with Gasteiger partial charge in [-0.3, -0.25) is 13.9 Å². The first-order valence-electron chi connectivity index (χ1n) is 15.9. The van der Waals surface area contributed by atoms with Crippen LogP contribution in [-0.2, 0) is 32.6 Å². The molecule has 5 rings (SSSR count). The first kappa shape index (κ1) is 34.0. The highest BCUT2D eigenvalue weighted by Crippen LogP contribution is 2.33. The quantitative estimate of drug-likeness (QED) is 0.162. The summed E-state index contributed by atoms with van der Waals surface area (Å²) >= 11 is 6.60. The van der Waals surface area contributed by atoms with Crippen molar-refractivity contribution in [2.75, 3.05) is 17.5 Å². The van der Waals surface area contributed by atoms with E-state index in [1.165, 1.54) is 17.0 Å². The summed E-state index contributed by atoms with van der Waals surface area (Å²) in [5, 5.41) is 3.62. The van der Waals surface area contributed by atoms with E-state index in [2.05, 4.69) is 5.32 Å². The average Bonchev–Trinajstić information content (AvgIpc) is 3.60. The molecule has 0 heterocycles. The summed E-state index contributed by atoms with van der Waals surface area (Å²) in [5.41, 5.74) is 1.73. The van der Waals surface area contributed by atoms with Crippen molar-refractivity contribution >= 4 is 39.1 Å². The molecule has 10 heteroatoms. The Morgan fingerprint density at radius 3 is 2.17 bits per heavy atom. The molecule has 0 unspecified atom stereocenters. The zero-order valence-corrected chi connectivity index (χ0v) is 28.0. The van der Waals surface area contributed by atoms with E-state index in [9.17, 15) is 18.0 Å². The fraction of sp³-hybridized carbons (Fsp3) is 0.297. The number of hydrogen-bond acceptors (Lipinski definition) is 5. The molecule has 1 atom stereocenters. The van der Waals surface area contributed by atoms with Gasteiger partial charge in [-0.25, -0.2) is 8.42 Å². The van der Waals surface area contributed by atoms with Crippen molar-refractivity contribution in [3.05, 3.63) is 125 Å². The van der Waals surface area contributed by atoms with Crippen LogP contribution in [0.2, 0.25) is 5.02 Å². The molecule has 246 valence electrons. The smallest absolute Gasteiger partial charge is 0.264 e. The molecule has 1 fully saturated rings. The Labute approximate surface area is 282 Å². The van der Waals surface area contributed by atoms with E-state index >= 15 is 0 Å². The molecule has 8 nitrogen and oxygen atoms in total. The number of nitrogens with zero attached hydrogens (tertiary/aromatic N) is 2. The number of para-hydroxylation sites is 2. The molecule has 1 aliphatic carbocycles. The van der Waals surface area contributed by atoms with Gasteiger partial charge in [0, 0.05) is 24.0 Å². The molecule has 4 aromatic carbocycles. The van der Waals surface area contributed by atoms with Crippen molar-refractivity contribution in [3.63, 3.8) is 0 Å². The number of benzene rings is 4. The zero-order chi connectivity index (χ0) is 33.2. The van der Waals surface area contributed by atoms with E-state index in [1.54, 1.807) is 67.6 Å². The van der Waals surface area contributed by atoms with Gasteiger partial charge in [-0.2, -0.15) is 0 Å². The van der Waals surface area contributed by atoms with E-state index in [0.717, 1.165) is 35.6 Å². The van der Waals surface area contributed by atoms with Crippen molar-refractivity contribution in [1.82, 2.24) is 10.2 Å². The largest absolute Gasteiger partial charge is 0.492 e. The number of hydrogen-bond donors (Lipinski definition) is 1. The van der Waals surface area contributed by atoms with E-state index in [4.69, 9.17) is 16.3 Å². The van der Waals surface area contributed by atoms with Gasteiger partial charge >= 0.3 is 0 Å². The van der Waals surface area contributed by atoms with Crippen molar-refractivity contribution in [1.29, 1.82) is 0 Å². The molecular formula is C37H40ClN3O5S. The maximum atomic E-state index is 14.7. The van der Waals surface area contributed by atoms with Crippen LogP contribution in [0.4, 0.5) is 5.69 Å². The Balaban J connectivity index is 1.59. The summed E-state index contributed by atoms with van der Waals surface area (Å²) in [7, 11) is -4.25. The van der Waals surface area contributed by atoms with Crippen LogP contribution in [0.3, 0.4) is 0 Å². The van der Waals surface area contributed by atoms with Crippen LogP contribution < -0.4 is 14.4 Å². The lowest BCUT2D eigenvalue weighted by Gasteiger charge is -2.34. The molecule has 4 aromatic rings. The minimum Gasteiger partial charge on any atom is -0.492 e. The van der Waals surface area contributed by atoms with Gasteiger partial charge in [0.1, 0.15) is 18.3 Å². The van der Waals surface area contributed by atoms with Gasteiger partial charge in [-0.05, 0) is 61.2 Å². The van der Waals surface area contributed by atoms with Crippen molar-refractivity contribution in [2.45, 2.75) is 62.6 Å². The molecule has 0 aliphatic heterocycles. The molecule has 1 N–H and O–H groups in total. The standard InChI is InChI=1S/C37H40ClN3O5S/c1-2-46-35-24-14-13-23-33(35)41(47(44,45)31-20-7-4-8-21-31)27-36(42)40(26-29-17-9-12-22-32(29)38)34(25-28-15-5-3-6-16-28)37(43)39-30-18-10-11-19-30/h3-9,12-17,20-24,30,34H,2,10-11,18-19,25-27H2,1H3,(H,39,43)/t34-/m1/s1. The van der Waals surface area contributed by atoms with E-state index in [1.807, 2.05) is 36.4 Å². The minimum absolute atomic E-state index is 0.000422. The number of carbonyl (C=O) groups excluding carboxylic acids is 2. The van der Waals surface area contributed by atoms with Crippen molar-refractivity contribution in [3.8, 4) is 5.75 Å². The highest BCUT2D eigenvalue weighted by Gasteiger charge is 2.36. The Morgan fingerprint density at radius 2 is 1.49 bits per heavy atom. The maximum absolute atomic E-state index is 14.7. The molecule has 2 amide bonds. The Hall–Kier alpha value is -4.34. The number of halogens is 1. The first-order valence-corrected chi connectivity index (χ1v) is 17.8. The molecule has 0 radical (unpaired) electrons. The van der Waals surface area contributed by atoms with Gasteiger partial charge in [0.15, 0.2) is 0 Å². The van der Waals surface area contributed by atoms with E-state index < -0.39 is 28.5 Å². The molecule has 0 spiro atoms. The van der Waals surface area contributed by atoms with Crippen LogP contribution in [0.1, 0.15) is 43.7 Å². The lowest BCUT2D eigenvalue weighted by atomic mass is 10.0. The second kappa shape index (κ2) is 16.0. The summed E-state index contributed by atoms with van der Waals surface area (Å²) < 4.78 is 35.5. The predicted molar refractivity (Wildman–Crippen MR) is 185 cm³/mol. The summed E-state index contributed by atoms with van der Waals surface area (Å²) in [5.74, 6) is -0.522. The van der Waals surface area contributed by atoms with Crippen molar-refractivity contribution < 1.29 is 22.7 Å². The molecular weight excluding hydrogens is 634 g/mol. The molecule has 0 saturated heterocycles. The lowest BCUT2D eigenvalue weighted by molar-refractivity contribution is -0.140. The van der Waals surface area contributed by atoms with Crippen LogP contribution in [-0.4, -0.2) is 50.4 Å². The van der Waals surface area contributed by atoms with Crippen LogP contribution >= 0.6 is 11.6 Å². The molecule has 1 saturated carbocycles. The third-order valence-electron chi connectivity index (χ3n) is 8.32. The van der Waals surface area contributed by atoms with E-state index in [-0.39, 0.29) is 35.5 Å². The predicted octanol–water partition coefficient (Wildman–Crippen LogP) is 6.63. The molecule has 47 heavy (non-hydrogen) atoms. The number of ether oxygens (including phenoxy) is 1. The summed E-state index contributed by atoms with van der Waals surface area (Å²) in [4.78, 5) is 30.4. The van der Waals surface area contributed by atoms with Gasteiger partial charge in [-0.15, -0.1) is 0 Å². The van der Waals surface area contributed by atoms with Gasteiger partial charge in [-0.1, -0.05) is 103 Å². The fourth-order valence-corrected chi connectivity index (χ4v) is 7.55. The number of anilines is 1. The lowest BCUT2D eigenvalue weighted by Crippen LogP contribution is -2.54. The van der Waals surface area contributed by atoms with Crippen LogP contribution in [0.5, 0.6) is 5.75 Å². The number of nitrogens with one attached hydrogen (secondary N) is 1. The highest BCUT2D eigenvalue weighted by atomic mass is 35.5. The zero-order valence-electron chi connectivity index (χ0n) is 26.4. The molecule has 0 aromatic heterocycles. The van der Waals surface area contributed by atoms with Gasteiger partial charge in [0.25, 0.3) is 10.0 Å².